The van der Waals surface area contributed by atoms with Crippen LogP contribution in [0.25, 0.3) is 0 Å². The molecule has 0 aromatic rings. The molecule has 0 aromatic heterocycles. The van der Waals surface area contributed by atoms with Crippen molar-refractivity contribution in [1.29, 1.82) is 0 Å². The van der Waals surface area contributed by atoms with Gasteiger partial charge in [0.15, 0.2) is 0 Å². The molecule has 0 amide bonds. The number of nitrogens with one attached hydrogen (secondary N) is 3. The highest BCUT2D eigenvalue weighted by Crippen LogP contribution is 2.03. The third-order valence-electron chi connectivity index (χ3n) is 7.63. The van der Waals surface area contributed by atoms with Crippen LogP contribution < -0.4 is 14.7 Å². The molecule has 3 aliphatic rings. The van der Waals surface area contributed by atoms with Crippen LogP contribution >= 0.6 is 0 Å². The molecule has 3 rings (SSSR count). The van der Waals surface area contributed by atoms with E-state index in [0.29, 0.717) is 0 Å². The van der Waals surface area contributed by atoms with E-state index in [2.05, 4.69) is 33.3 Å². The Kier molecular flexibility index (Phi) is 25.2. The third-order valence-corrected chi connectivity index (χ3v) is 8.99. The summed E-state index contributed by atoms with van der Waals surface area (Å²) in [6, 6.07) is 0. The minimum atomic E-state index is -5.36. The zero-order valence-corrected chi connectivity index (χ0v) is 29.9. The lowest BCUT2D eigenvalue weighted by molar-refractivity contribution is -0.887. The summed E-state index contributed by atoms with van der Waals surface area (Å²) < 4.78 is 101. The molecular formula is C27H59N3O12S3. The van der Waals surface area contributed by atoms with Crippen molar-refractivity contribution in [3.05, 3.63) is 0 Å². The second kappa shape index (κ2) is 25.5. The molecule has 3 N–H and O–H groups in total. The predicted molar refractivity (Wildman–Crippen MR) is 165 cm³/mol. The normalized spacial score (nSPS) is 18.2. The summed E-state index contributed by atoms with van der Waals surface area (Å²) in [5.74, 6) is 0. The number of hydrogen-bond donors (Lipinski definition) is 3. The van der Waals surface area contributed by atoms with E-state index >= 15 is 0 Å². The molecule has 15 nitrogen and oxygen atoms in total. The highest BCUT2D eigenvalue weighted by atomic mass is 32.3. The van der Waals surface area contributed by atoms with E-state index < -0.39 is 50.5 Å². The summed E-state index contributed by atoms with van der Waals surface area (Å²) in [6.07, 6.45) is 15.1. The molecule has 0 aliphatic carbocycles. The van der Waals surface area contributed by atoms with Gasteiger partial charge in [0.05, 0.1) is 72.1 Å². The lowest BCUT2D eigenvalue weighted by atomic mass is 10.3. The molecule has 3 saturated heterocycles. The van der Waals surface area contributed by atoms with Gasteiger partial charge in [-0.2, -0.15) is 0 Å². The van der Waals surface area contributed by atoms with E-state index in [1.807, 2.05) is 14.7 Å². The van der Waals surface area contributed by atoms with Gasteiger partial charge in [-0.05, 0) is 19.3 Å². The van der Waals surface area contributed by atoms with Crippen molar-refractivity contribution in [2.24, 2.45) is 0 Å². The van der Waals surface area contributed by atoms with Gasteiger partial charge in [0.25, 0.3) is 0 Å². The first kappa shape index (κ1) is 44.5. The van der Waals surface area contributed by atoms with Crippen molar-refractivity contribution < 1.29 is 66.2 Å². The predicted octanol–water partition coefficient (Wildman–Crippen LogP) is -1.82. The van der Waals surface area contributed by atoms with Crippen LogP contribution in [-0.2, 0) is 43.7 Å². The monoisotopic (exact) mass is 713 g/mol. The average molecular weight is 714 g/mol. The van der Waals surface area contributed by atoms with E-state index in [1.54, 1.807) is 0 Å². The Morgan fingerprint density at radius 2 is 0.778 bits per heavy atom. The van der Waals surface area contributed by atoms with Crippen LogP contribution in [0.2, 0.25) is 0 Å². The first-order chi connectivity index (χ1) is 21.1. The molecule has 0 spiro atoms. The van der Waals surface area contributed by atoms with Gasteiger partial charge in [-0.15, -0.1) is 0 Å². The topological polar surface area (TPSA) is 213 Å². The highest BCUT2D eigenvalue weighted by Gasteiger charge is 2.17. The van der Waals surface area contributed by atoms with E-state index in [0.717, 1.165) is 0 Å². The van der Waals surface area contributed by atoms with Gasteiger partial charge in [0.2, 0.25) is 31.2 Å². The average Bonchev–Trinajstić information content (AvgIpc) is 3.75. The van der Waals surface area contributed by atoms with Crippen LogP contribution in [0.15, 0.2) is 0 Å². The maximum Gasteiger partial charge on any atom is 0.218 e. The van der Waals surface area contributed by atoms with Gasteiger partial charge in [-0.1, -0.05) is 40.0 Å². The fourth-order valence-electron chi connectivity index (χ4n) is 5.24. The molecule has 0 atom stereocenters. The molecular weight excluding hydrogens is 655 g/mol. The summed E-state index contributed by atoms with van der Waals surface area (Å²) in [6.45, 7) is 17.1. The number of likely N-dealkylation sites (tertiary alicyclic amines) is 3. The van der Waals surface area contributed by atoms with Gasteiger partial charge >= 0.3 is 0 Å². The van der Waals surface area contributed by atoms with Gasteiger partial charge in [0, 0.05) is 38.5 Å². The van der Waals surface area contributed by atoms with Crippen molar-refractivity contribution in [1.82, 2.24) is 0 Å². The summed E-state index contributed by atoms with van der Waals surface area (Å²) in [4.78, 5) is 5.53. The molecule has 0 radical (unpaired) electrons. The Morgan fingerprint density at radius 3 is 0.978 bits per heavy atom. The molecule has 0 bridgehead atoms. The maximum atomic E-state index is 10.1. The van der Waals surface area contributed by atoms with Gasteiger partial charge < -0.3 is 28.4 Å². The van der Waals surface area contributed by atoms with E-state index in [4.69, 9.17) is 0 Å². The van der Waals surface area contributed by atoms with Crippen LogP contribution in [0.4, 0.5) is 0 Å². The van der Waals surface area contributed by atoms with Crippen molar-refractivity contribution in [3.63, 3.8) is 0 Å². The van der Waals surface area contributed by atoms with E-state index in [-0.39, 0.29) is 0 Å². The van der Waals surface area contributed by atoms with Crippen molar-refractivity contribution in [3.8, 4) is 0 Å². The summed E-state index contributed by atoms with van der Waals surface area (Å²) >= 11 is 0. The molecule has 3 heterocycles. The Labute approximate surface area is 272 Å². The minimum Gasteiger partial charge on any atom is -0.726 e. The lowest BCUT2D eigenvalue weighted by Crippen LogP contribution is -3.09. The highest BCUT2D eigenvalue weighted by molar-refractivity contribution is 7.81. The van der Waals surface area contributed by atoms with Crippen LogP contribution in [0.5, 0.6) is 0 Å². The van der Waals surface area contributed by atoms with E-state index in [9.17, 15) is 38.9 Å². The number of rotatable bonds is 17. The third kappa shape index (κ3) is 30.6. The fraction of sp³-hybridized carbons (Fsp3) is 1.00. The van der Waals surface area contributed by atoms with E-state index in [1.165, 1.54) is 136 Å². The molecule has 0 saturated carbocycles. The molecule has 18 heteroatoms. The molecule has 0 aromatic carbocycles. The van der Waals surface area contributed by atoms with Crippen LogP contribution in [0, 0.1) is 0 Å². The first-order valence-electron chi connectivity index (χ1n) is 16.4. The largest absolute Gasteiger partial charge is 0.726 e. The molecule has 3 aliphatic heterocycles. The second-order valence-electron chi connectivity index (χ2n) is 11.7. The van der Waals surface area contributed by atoms with Crippen LogP contribution in [-0.4, -0.2) is 117 Å². The second-order valence-corrected chi connectivity index (χ2v) is 14.8. The smallest absolute Gasteiger partial charge is 0.218 e. The fourth-order valence-corrected chi connectivity index (χ4v) is 6.33. The number of unbranched alkanes of at least 4 members (excludes halogenated alkanes) is 3. The van der Waals surface area contributed by atoms with Crippen molar-refractivity contribution >= 4 is 31.2 Å². The first-order valence-corrected chi connectivity index (χ1v) is 20.4. The van der Waals surface area contributed by atoms with Crippen molar-refractivity contribution in [2.45, 2.75) is 104 Å². The maximum absolute atomic E-state index is 10.1. The summed E-state index contributed by atoms with van der Waals surface area (Å²) in [5, 5.41) is 0. The van der Waals surface area contributed by atoms with Crippen molar-refractivity contribution in [2.75, 3.05) is 72.1 Å². The summed E-state index contributed by atoms with van der Waals surface area (Å²) in [5.41, 5.74) is 0. The molecule has 45 heavy (non-hydrogen) atoms. The standard InChI is InChI=1S/3C8H17N.C3H8O12S3/c3*1-2-3-6-9-7-4-5-8-9;4-16(5,6)13-1-3(15-18(10,11)12)2-14-17(7,8)9/h3*2-8H2,1H3;3H,1-2H2,(H,4,5,6)(H,7,8,9)(H,10,11,12). The lowest BCUT2D eigenvalue weighted by Gasteiger charge is -2.20. The van der Waals surface area contributed by atoms with Gasteiger partial charge in [0.1, 0.15) is 6.10 Å². The molecule has 272 valence electrons. The molecule has 0 unspecified atom stereocenters. The Bertz CT molecular complexity index is 945. The Morgan fingerprint density at radius 1 is 0.511 bits per heavy atom. The Hall–Kier alpha value is -0.510. The molecule has 3 fully saturated rings. The quantitative estimate of drug-likeness (QED) is 0.112. The number of hydrogen-bond acceptors (Lipinski definition) is 12. The number of quaternary nitrogens is 3. The Balaban J connectivity index is 0.000000607. The minimum absolute atomic E-state index is 1.33. The zero-order chi connectivity index (χ0) is 34.2. The van der Waals surface area contributed by atoms with Crippen LogP contribution in [0.1, 0.15) is 97.8 Å². The van der Waals surface area contributed by atoms with Gasteiger partial charge in [-0.3, -0.25) is 12.5 Å². The zero-order valence-electron chi connectivity index (χ0n) is 27.5. The SMILES string of the molecule is CCCC[NH+]1CCCC1.CCCC[NH+]1CCCC1.CCCC[NH+]1CCCC1.O=S(=O)([O-])OCC(COS(=O)(=O)[O-])OS(=O)(=O)[O-]. The van der Waals surface area contributed by atoms with Crippen LogP contribution in [0.3, 0.4) is 0 Å². The van der Waals surface area contributed by atoms with Gasteiger partial charge in [-0.25, -0.2) is 25.3 Å². The summed E-state index contributed by atoms with van der Waals surface area (Å²) in [7, 11) is -15.8.